The number of β-amino-alcohol motifs (C(OH)–C–C–N with tert-alkyl or cyclic N) is 1. The zero-order valence-electron chi connectivity index (χ0n) is 12.9. The molecule has 1 aromatic heterocycles. The van der Waals surface area contributed by atoms with Gasteiger partial charge in [-0.2, -0.15) is 0 Å². The highest BCUT2D eigenvalue weighted by Crippen LogP contribution is 2.22. The summed E-state index contributed by atoms with van der Waals surface area (Å²) in [6.07, 6.45) is 2.80. The van der Waals surface area contributed by atoms with E-state index in [1.54, 1.807) is 11.3 Å². The summed E-state index contributed by atoms with van der Waals surface area (Å²) in [4.78, 5) is 9.38. The molecule has 2 heterocycles. The van der Waals surface area contributed by atoms with Crippen LogP contribution in [0.2, 0.25) is 0 Å². The van der Waals surface area contributed by atoms with E-state index in [9.17, 15) is 5.11 Å². The molecule has 0 atom stereocenters. The molecule has 1 aliphatic rings. The highest BCUT2D eigenvalue weighted by Gasteiger charge is 2.27. The van der Waals surface area contributed by atoms with E-state index in [4.69, 9.17) is 0 Å². The number of aryl methyl sites for hydroxylation is 1. The van der Waals surface area contributed by atoms with Crippen molar-refractivity contribution in [3.63, 3.8) is 0 Å². The van der Waals surface area contributed by atoms with Crippen LogP contribution in [0.3, 0.4) is 0 Å². The molecule has 0 bridgehead atoms. The minimum absolute atomic E-state index is 0.521. The Labute approximate surface area is 126 Å². The van der Waals surface area contributed by atoms with E-state index in [1.165, 1.54) is 0 Å². The fraction of sp³-hybridized carbons (Fsp3) is 0.800. The maximum atomic E-state index is 10.5. The average molecular weight is 297 g/mol. The van der Waals surface area contributed by atoms with Crippen LogP contribution in [-0.4, -0.2) is 53.3 Å². The summed E-state index contributed by atoms with van der Waals surface area (Å²) >= 11 is 1.74. The van der Waals surface area contributed by atoms with E-state index in [0.29, 0.717) is 0 Å². The predicted octanol–water partition coefficient (Wildman–Crippen LogP) is 2.51. The van der Waals surface area contributed by atoms with Crippen molar-refractivity contribution in [3.8, 4) is 0 Å². The Hall–Kier alpha value is -0.650. The molecule has 1 aromatic rings. The van der Waals surface area contributed by atoms with Gasteiger partial charge >= 0.3 is 0 Å². The molecule has 5 heteroatoms. The highest BCUT2D eigenvalue weighted by molar-refractivity contribution is 7.13. The van der Waals surface area contributed by atoms with Crippen molar-refractivity contribution in [3.05, 3.63) is 11.1 Å². The highest BCUT2D eigenvalue weighted by atomic mass is 32.1. The summed E-state index contributed by atoms with van der Waals surface area (Å²) < 4.78 is 0. The molecule has 1 aliphatic heterocycles. The van der Waals surface area contributed by atoms with Crippen LogP contribution in [0.4, 0.5) is 5.13 Å². The van der Waals surface area contributed by atoms with Crippen molar-refractivity contribution in [1.82, 2.24) is 9.88 Å². The number of anilines is 1. The molecule has 1 saturated heterocycles. The summed E-state index contributed by atoms with van der Waals surface area (Å²) in [6.45, 7) is 11.2. The molecule has 0 unspecified atom stereocenters. The first-order chi connectivity index (χ1) is 9.56. The lowest BCUT2D eigenvalue weighted by molar-refractivity contribution is -0.00168. The van der Waals surface area contributed by atoms with Gasteiger partial charge < -0.3 is 10.0 Å². The number of thiazole rings is 1. The van der Waals surface area contributed by atoms with Crippen LogP contribution in [0, 0.1) is 6.92 Å². The second-order valence-corrected chi connectivity index (χ2v) is 6.66. The zero-order valence-corrected chi connectivity index (χ0v) is 13.7. The smallest absolute Gasteiger partial charge is 0.185 e. The average Bonchev–Trinajstić information content (AvgIpc) is 2.75. The number of aliphatic hydroxyl groups is 1. The molecule has 0 aliphatic carbocycles. The van der Waals surface area contributed by atoms with Gasteiger partial charge in [-0.05, 0) is 26.2 Å². The fourth-order valence-electron chi connectivity index (χ4n) is 2.70. The van der Waals surface area contributed by atoms with E-state index in [0.717, 1.165) is 62.8 Å². The monoisotopic (exact) mass is 297 g/mol. The van der Waals surface area contributed by atoms with E-state index in [-0.39, 0.29) is 0 Å². The summed E-state index contributed by atoms with van der Waals surface area (Å²) in [7, 11) is 0. The van der Waals surface area contributed by atoms with Gasteiger partial charge in [-0.15, -0.1) is 11.3 Å². The number of aromatic nitrogens is 1. The molecule has 0 spiro atoms. The maximum absolute atomic E-state index is 10.5. The number of hydrogen-bond donors (Lipinski definition) is 1. The van der Waals surface area contributed by atoms with Crippen LogP contribution < -0.4 is 4.90 Å². The van der Waals surface area contributed by atoms with E-state index in [1.807, 2.05) is 6.92 Å². The molecule has 0 saturated carbocycles. The number of hydrogen-bond acceptors (Lipinski definition) is 5. The van der Waals surface area contributed by atoms with Gasteiger partial charge in [0.15, 0.2) is 5.13 Å². The molecule has 2 rings (SSSR count). The van der Waals surface area contributed by atoms with Gasteiger partial charge in [0.2, 0.25) is 0 Å². The molecular weight excluding hydrogens is 270 g/mol. The number of rotatable bonds is 5. The largest absolute Gasteiger partial charge is 0.389 e. The third-order valence-electron chi connectivity index (χ3n) is 4.30. The van der Waals surface area contributed by atoms with Gasteiger partial charge in [0.1, 0.15) is 0 Å². The first-order valence-electron chi connectivity index (χ1n) is 7.68. The third-order valence-corrected chi connectivity index (χ3v) is 5.32. The van der Waals surface area contributed by atoms with Gasteiger partial charge in [0, 0.05) is 38.1 Å². The third kappa shape index (κ3) is 3.93. The molecule has 4 nitrogen and oxygen atoms in total. The van der Waals surface area contributed by atoms with Crippen LogP contribution in [0.1, 0.15) is 38.8 Å². The van der Waals surface area contributed by atoms with Crippen molar-refractivity contribution < 1.29 is 5.11 Å². The Kier molecular flexibility index (Phi) is 5.41. The Morgan fingerprint density at radius 2 is 2.00 bits per heavy atom. The fourth-order valence-corrected chi connectivity index (χ4v) is 3.55. The van der Waals surface area contributed by atoms with E-state index < -0.39 is 5.60 Å². The number of nitrogens with zero attached hydrogens (tertiary/aromatic N) is 3. The Balaban J connectivity index is 1.92. The first-order valence-corrected chi connectivity index (χ1v) is 8.56. The van der Waals surface area contributed by atoms with Gasteiger partial charge in [-0.25, -0.2) is 4.98 Å². The van der Waals surface area contributed by atoms with Gasteiger partial charge in [-0.1, -0.05) is 13.8 Å². The van der Waals surface area contributed by atoms with Gasteiger partial charge in [0.05, 0.1) is 11.3 Å². The van der Waals surface area contributed by atoms with Gasteiger partial charge in [0.25, 0.3) is 0 Å². The minimum Gasteiger partial charge on any atom is -0.389 e. The molecule has 20 heavy (non-hydrogen) atoms. The topological polar surface area (TPSA) is 39.6 Å². The van der Waals surface area contributed by atoms with Crippen molar-refractivity contribution in [2.24, 2.45) is 0 Å². The van der Waals surface area contributed by atoms with Crippen molar-refractivity contribution in [2.75, 3.05) is 37.6 Å². The van der Waals surface area contributed by atoms with Crippen LogP contribution >= 0.6 is 11.3 Å². The SMILES string of the molecule is CCC(O)(CC)CN1CCCN(c2nc(C)cs2)CC1. The van der Waals surface area contributed by atoms with Crippen LogP contribution in [-0.2, 0) is 0 Å². The van der Waals surface area contributed by atoms with E-state index in [2.05, 4.69) is 34.0 Å². The summed E-state index contributed by atoms with van der Waals surface area (Å²) in [5, 5.41) is 13.8. The van der Waals surface area contributed by atoms with Gasteiger partial charge in [-0.3, -0.25) is 4.90 Å². The normalized spacial score (nSPS) is 18.3. The van der Waals surface area contributed by atoms with Crippen LogP contribution in [0.15, 0.2) is 5.38 Å². The van der Waals surface area contributed by atoms with Crippen molar-refractivity contribution in [2.45, 2.75) is 45.6 Å². The second kappa shape index (κ2) is 6.87. The predicted molar refractivity (Wildman–Crippen MR) is 85.7 cm³/mol. The standard InChI is InChI=1S/C15H27N3OS/c1-4-15(19,5-2)12-17-7-6-8-18(10-9-17)14-16-13(3)11-20-14/h11,19H,4-10,12H2,1-3H3. The first kappa shape index (κ1) is 15.7. The van der Waals surface area contributed by atoms with Crippen molar-refractivity contribution >= 4 is 16.5 Å². The lowest BCUT2D eigenvalue weighted by atomic mass is 9.97. The molecular formula is C15H27N3OS. The Bertz CT molecular complexity index is 417. The summed E-state index contributed by atoms with van der Waals surface area (Å²) in [5.74, 6) is 0. The minimum atomic E-state index is -0.521. The van der Waals surface area contributed by atoms with Crippen molar-refractivity contribution in [1.29, 1.82) is 0 Å². The summed E-state index contributed by atoms with van der Waals surface area (Å²) in [5.41, 5.74) is 0.588. The Morgan fingerprint density at radius 3 is 2.60 bits per heavy atom. The van der Waals surface area contributed by atoms with Crippen LogP contribution in [0.25, 0.3) is 0 Å². The van der Waals surface area contributed by atoms with Crippen LogP contribution in [0.5, 0.6) is 0 Å². The lowest BCUT2D eigenvalue weighted by Crippen LogP contribution is -2.43. The quantitative estimate of drug-likeness (QED) is 0.906. The molecule has 0 radical (unpaired) electrons. The summed E-state index contributed by atoms with van der Waals surface area (Å²) in [6, 6.07) is 0. The Morgan fingerprint density at radius 1 is 1.25 bits per heavy atom. The molecule has 114 valence electrons. The maximum Gasteiger partial charge on any atom is 0.185 e. The molecule has 0 aromatic carbocycles. The lowest BCUT2D eigenvalue weighted by Gasteiger charge is -2.32. The molecule has 0 amide bonds. The zero-order chi connectivity index (χ0) is 14.6. The molecule has 1 N–H and O–H groups in total. The van der Waals surface area contributed by atoms with E-state index >= 15 is 0 Å². The molecule has 1 fully saturated rings. The second-order valence-electron chi connectivity index (χ2n) is 5.82.